The Morgan fingerprint density at radius 2 is 1.81 bits per heavy atom. The van der Waals surface area contributed by atoms with E-state index >= 15 is 0 Å². The van der Waals surface area contributed by atoms with Crippen molar-refractivity contribution in [2.45, 2.75) is 19.4 Å². The Labute approximate surface area is 133 Å². The van der Waals surface area contributed by atoms with Gasteiger partial charge in [-0.25, -0.2) is 0 Å². The van der Waals surface area contributed by atoms with Gasteiger partial charge < -0.3 is 9.47 Å². The third-order valence-electron chi connectivity index (χ3n) is 3.49. The predicted octanol–water partition coefficient (Wildman–Crippen LogP) is 5.06. The van der Waals surface area contributed by atoms with Crippen LogP contribution in [0.4, 0.5) is 0 Å². The number of rotatable bonds is 2. The van der Waals surface area contributed by atoms with Crippen molar-refractivity contribution in [2.75, 3.05) is 7.11 Å². The third-order valence-corrected chi connectivity index (χ3v) is 4.11. The van der Waals surface area contributed by atoms with Gasteiger partial charge in [0.2, 0.25) is 0 Å². The summed E-state index contributed by atoms with van der Waals surface area (Å²) in [7, 11) is 1.66. The molecule has 0 saturated heterocycles. The highest BCUT2D eigenvalue weighted by atomic mass is 79.9. The van der Waals surface area contributed by atoms with Crippen LogP contribution in [0.2, 0.25) is 0 Å². The molecule has 0 aliphatic carbocycles. The summed E-state index contributed by atoms with van der Waals surface area (Å²) in [5.41, 5.74) is 3.10. The molecule has 0 saturated carbocycles. The van der Waals surface area contributed by atoms with Gasteiger partial charge in [0, 0.05) is 11.6 Å². The van der Waals surface area contributed by atoms with Gasteiger partial charge in [0.25, 0.3) is 0 Å². The van der Waals surface area contributed by atoms with Gasteiger partial charge >= 0.3 is 0 Å². The Hall–Kier alpha value is -1.74. The smallest absolute Gasteiger partial charge is 0.136 e. The normalized spacial score (nSPS) is 15.7. The van der Waals surface area contributed by atoms with Crippen molar-refractivity contribution in [1.29, 1.82) is 0 Å². The second-order valence-electron chi connectivity index (χ2n) is 5.61. The average molecular weight is 345 g/mol. The van der Waals surface area contributed by atoms with Crippen LogP contribution < -0.4 is 9.47 Å². The van der Waals surface area contributed by atoms with Gasteiger partial charge in [-0.15, -0.1) is 0 Å². The van der Waals surface area contributed by atoms with E-state index in [1.54, 1.807) is 7.11 Å². The highest BCUT2D eigenvalue weighted by molar-refractivity contribution is 9.10. The van der Waals surface area contributed by atoms with E-state index in [1.165, 1.54) is 11.1 Å². The van der Waals surface area contributed by atoms with Crippen LogP contribution in [0.15, 0.2) is 53.0 Å². The lowest BCUT2D eigenvalue weighted by molar-refractivity contribution is 0.157. The van der Waals surface area contributed by atoms with Crippen LogP contribution in [0.25, 0.3) is 5.57 Å². The van der Waals surface area contributed by atoms with Crippen LogP contribution >= 0.6 is 15.9 Å². The molecular formula is C18H17BrO2. The lowest BCUT2D eigenvalue weighted by Gasteiger charge is -2.31. The van der Waals surface area contributed by atoms with Crippen LogP contribution in [0.5, 0.6) is 11.5 Å². The second kappa shape index (κ2) is 5.23. The molecule has 0 N–H and O–H groups in total. The van der Waals surface area contributed by atoms with Crippen LogP contribution in [0.3, 0.4) is 0 Å². The van der Waals surface area contributed by atoms with E-state index in [4.69, 9.17) is 9.47 Å². The Morgan fingerprint density at radius 1 is 1.10 bits per heavy atom. The van der Waals surface area contributed by atoms with E-state index in [0.29, 0.717) is 0 Å². The summed E-state index contributed by atoms with van der Waals surface area (Å²) in [5, 5.41) is 0. The molecule has 21 heavy (non-hydrogen) atoms. The van der Waals surface area contributed by atoms with Crippen LogP contribution in [0, 0.1) is 0 Å². The molecule has 2 aromatic carbocycles. The first-order valence-corrected chi connectivity index (χ1v) is 7.65. The Morgan fingerprint density at radius 3 is 2.48 bits per heavy atom. The second-order valence-corrected chi connectivity index (χ2v) is 6.47. The van der Waals surface area contributed by atoms with E-state index in [9.17, 15) is 0 Å². The number of hydrogen-bond acceptors (Lipinski definition) is 2. The minimum Gasteiger partial charge on any atom is -0.495 e. The molecule has 0 atom stereocenters. The zero-order chi connectivity index (χ0) is 15.0. The van der Waals surface area contributed by atoms with Gasteiger partial charge in [-0.1, -0.05) is 30.3 Å². The Bertz CT molecular complexity index is 703. The van der Waals surface area contributed by atoms with Gasteiger partial charge in [0.05, 0.1) is 11.6 Å². The zero-order valence-corrected chi connectivity index (χ0v) is 13.9. The van der Waals surface area contributed by atoms with Gasteiger partial charge in [0.15, 0.2) is 0 Å². The number of methoxy groups -OCH3 is 1. The van der Waals surface area contributed by atoms with Gasteiger partial charge in [-0.05, 0) is 53.1 Å². The molecule has 0 aromatic heterocycles. The van der Waals surface area contributed by atoms with Crippen molar-refractivity contribution >= 4 is 21.5 Å². The minimum absolute atomic E-state index is 0.350. The van der Waals surface area contributed by atoms with Crippen molar-refractivity contribution in [3.05, 3.63) is 64.1 Å². The monoisotopic (exact) mass is 344 g/mol. The summed E-state index contributed by atoms with van der Waals surface area (Å²) < 4.78 is 12.4. The fraction of sp³-hybridized carbons (Fsp3) is 0.222. The highest BCUT2D eigenvalue weighted by Crippen LogP contribution is 2.43. The van der Waals surface area contributed by atoms with E-state index < -0.39 is 0 Å². The summed E-state index contributed by atoms with van der Waals surface area (Å²) in [6, 6.07) is 14.4. The molecule has 2 aromatic rings. The summed E-state index contributed by atoms with van der Waals surface area (Å²) in [5.74, 6) is 1.63. The number of halogens is 1. The van der Waals surface area contributed by atoms with Gasteiger partial charge in [-0.3, -0.25) is 0 Å². The molecule has 1 aliphatic rings. The van der Waals surface area contributed by atoms with Crippen LogP contribution in [0.1, 0.15) is 25.0 Å². The molecule has 0 amide bonds. The van der Waals surface area contributed by atoms with E-state index in [2.05, 4.69) is 66.2 Å². The van der Waals surface area contributed by atoms with Gasteiger partial charge in [0.1, 0.15) is 17.1 Å². The molecular weight excluding hydrogens is 328 g/mol. The third kappa shape index (κ3) is 2.70. The first kappa shape index (κ1) is 14.2. The molecule has 0 fully saturated rings. The molecule has 3 heteroatoms. The van der Waals surface area contributed by atoms with E-state index in [0.717, 1.165) is 21.5 Å². The summed E-state index contributed by atoms with van der Waals surface area (Å²) in [4.78, 5) is 0. The minimum atomic E-state index is -0.350. The van der Waals surface area contributed by atoms with Crippen molar-refractivity contribution < 1.29 is 9.47 Å². The maximum atomic E-state index is 6.09. The average Bonchev–Trinajstić information content (AvgIpc) is 2.47. The Balaban J connectivity index is 2.21. The molecule has 0 bridgehead atoms. The molecule has 0 unspecified atom stereocenters. The van der Waals surface area contributed by atoms with Gasteiger partial charge in [-0.2, -0.15) is 0 Å². The lowest BCUT2D eigenvalue weighted by Crippen LogP contribution is -2.29. The largest absolute Gasteiger partial charge is 0.495 e. The fourth-order valence-corrected chi connectivity index (χ4v) is 3.09. The molecule has 0 radical (unpaired) electrons. The SMILES string of the molecule is COc1cc2c(cc1Br)C(c1ccccc1)=CC(C)(C)O2. The Kier molecular flexibility index (Phi) is 3.54. The first-order valence-electron chi connectivity index (χ1n) is 6.85. The molecule has 2 nitrogen and oxygen atoms in total. The van der Waals surface area contributed by atoms with Crippen LogP contribution in [-0.4, -0.2) is 12.7 Å². The fourth-order valence-electron chi connectivity index (χ4n) is 2.58. The predicted molar refractivity (Wildman–Crippen MR) is 88.9 cm³/mol. The topological polar surface area (TPSA) is 18.5 Å². The number of benzene rings is 2. The first-order chi connectivity index (χ1) is 10.00. The molecule has 0 spiro atoms. The zero-order valence-electron chi connectivity index (χ0n) is 12.3. The van der Waals surface area contributed by atoms with E-state index in [-0.39, 0.29) is 5.60 Å². The number of fused-ring (bicyclic) bond motifs is 1. The van der Waals surface area contributed by atoms with E-state index in [1.807, 2.05) is 12.1 Å². The maximum absolute atomic E-state index is 6.09. The quantitative estimate of drug-likeness (QED) is 0.757. The highest BCUT2D eigenvalue weighted by Gasteiger charge is 2.28. The maximum Gasteiger partial charge on any atom is 0.136 e. The summed E-state index contributed by atoms with van der Waals surface area (Å²) in [6.07, 6.45) is 2.17. The summed E-state index contributed by atoms with van der Waals surface area (Å²) in [6.45, 7) is 4.13. The number of hydrogen-bond donors (Lipinski definition) is 0. The standard InChI is InChI=1S/C18H17BrO2/c1-18(2)11-14(12-7-5-4-6-8-12)13-9-15(19)17(20-3)10-16(13)21-18/h4-11H,1-3H3. The molecule has 1 aliphatic heterocycles. The lowest BCUT2D eigenvalue weighted by atomic mass is 9.90. The molecule has 3 rings (SSSR count). The van der Waals surface area contributed by atoms with Crippen molar-refractivity contribution in [3.63, 3.8) is 0 Å². The number of ether oxygens (including phenoxy) is 2. The summed E-state index contributed by atoms with van der Waals surface area (Å²) >= 11 is 3.56. The van der Waals surface area contributed by atoms with Crippen molar-refractivity contribution in [2.24, 2.45) is 0 Å². The molecule has 108 valence electrons. The molecule has 1 heterocycles. The van der Waals surface area contributed by atoms with Crippen molar-refractivity contribution in [1.82, 2.24) is 0 Å². The van der Waals surface area contributed by atoms with Crippen molar-refractivity contribution in [3.8, 4) is 11.5 Å². The van der Waals surface area contributed by atoms with Crippen LogP contribution in [-0.2, 0) is 0 Å².